The van der Waals surface area contributed by atoms with Crippen molar-refractivity contribution >= 4 is 28.6 Å². The molecular formula is C25H33N3O3S. The molecule has 0 spiro atoms. The van der Waals surface area contributed by atoms with Crippen LogP contribution in [0, 0.1) is 0 Å². The van der Waals surface area contributed by atoms with Gasteiger partial charge in [0.05, 0.1) is 18.5 Å². The molecule has 1 unspecified atom stereocenters. The molecular weight excluding hydrogens is 422 g/mol. The summed E-state index contributed by atoms with van der Waals surface area (Å²) in [6.45, 7) is 7.09. The van der Waals surface area contributed by atoms with Crippen molar-refractivity contribution in [3.05, 3.63) is 47.0 Å². The van der Waals surface area contributed by atoms with Crippen molar-refractivity contribution in [1.29, 1.82) is 0 Å². The lowest BCUT2D eigenvalue weighted by molar-refractivity contribution is 0.414. The normalized spacial score (nSPS) is 16.4. The lowest BCUT2D eigenvalue weighted by Gasteiger charge is -2.24. The highest BCUT2D eigenvalue weighted by Crippen LogP contribution is 2.36. The van der Waals surface area contributed by atoms with Gasteiger partial charge in [0.25, 0.3) is 0 Å². The molecule has 7 heteroatoms. The average Bonchev–Trinajstić information content (AvgIpc) is 2.95. The summed E-state index contributed by atoms with van der Waals surface area (Å²) >= 11 is 5.68. The Morgan fingerprint density at radius 1 is 1.22 bits per heavy atom. The maximum Gasteiger partial charge on any atom is 0.142 e. The molecule has 2 aromatic rings. The Labute approximate surface area is 195 Å². The number of phenolic OH excluding ortho intramolecular Hbond substituents is 2. The van der Waals surface area contributed by atoms with Crippen LogP contribution in [0.15, 0.2) is 35.4 Å². The first kappa shape index (κ1) is 23.9. The summed E-state index contributed by atoms with van der Waals surface area (Å²) in [7, 11) is 3.75. The van der Waals surface area contributed by atoms with Crippen LogP contribution in [0.3, 0.4) is 0 Å². The highest BCUT2D eigenvalue weighted by molar-refractivity contribution is 7.80. The largest absolute Gasteiger partial charge is 0.508 e. The zero-order valence-corrected chi connectivity index (χ0v) is 20.3. The topological polar surface area (TPSA) is 77.3 Å². The van der Waals surface area contributed by atoms with E-state index in [-0.39, 0.29) is 23.3 Å². The Balaban J connectivity index is 1.89. The Bertz CT molecular complexity index is 1020. The van der Waals surface area contributed by atoms with Gasteiger partial charge in [-0.05, 0) is 54.5 Å². The third-order valence-corrected chi connectivity index (χ3v) is 6.32. The molecule has 1 aliphatic heterocycles. The van der Waals surface area contributed by atoms with Gasteiger partial charge >= 0.3 is 0 Å². The van der Waals surface area contributed by atoms with E-state index >= 15 is 0 Å². The van der Waals surface area contributed by atoms with E-state index in [2.05, 4.69) is 41.5 Å². The van der Waals surface area contributed by atoms with Gasteiger partial charge in [-0.25, -0.2) is 0 Å². The summed E-state index contributed by atoms with van der Waals surface area (Å²) in [6, 6.07) is 9.41. The molecule has 0 amide bonds. The van der Waals surface area contributed by atoms with Crippen LogP contribution in [-0.4, -0.2) is 41.6 Å². The Morgan fingerprint density at radius 3 is 2.62 bits per heavy atom. The summed E-state index contributed by atoms with van der Waals surface area (Å²) in [4.78, 5) is 2.84. The first-order valence-corrected chi connectivity index (χ1v) is 11.5. The smallest absolute Gasteiger partial charge is 0.142 e. The molecule has 1 heterocycles. The number of rotatable bonds is 7. The van der Waals surface area contributed by atoms with Gasteiger partial charge in [0.1, 0.15) is 22.2 Å². The van der Waals surface area contributed by atoms with Gasteiger partial charge in [0.15, 0.2) is 0 Å². The number of ether oxygens (including phenoxy) is 1. The van der Waals surface area contributed by atoms with E-state index in [1.165, 1.54) is 6.07 Å². The number of thiocarbonyl (C=S) groups is 1. The van der Waals surface area contributed by atoms with E-state index in [4.69, 9.17) is 17.0 Å². The Morgan fingerprint density at radius 2 is 1.97 bits per heavy atom. The zero-order valence-electron chi connectivity index (χ0n) is 19.5. The minimum absolute atomic E-state index is 0.00485. The highest BCUT2D eigenvalue weighted by atomic mass is 32.1. The van der Waals surface area contributed by atoms with Gasteiger partial charge in [-0.15, -0.1) is 0 Å². The van der Waals surface area contributed by atoms with Gasteiger partial charge in [0, 0.05) is 31.1 Å². The van der Waals surface area contributed by atoms with Crippen LogP contribution in [0.2, 0.25) is 0 Å². The predicted molar refractivity (Wildman–Crippen MR) is 135 cm³/mol. The fourth-order valence-corrected chi connectivity index (χ4v) is 4.45. The standard InChI is InChI=1S/C25H33N3O3S/c1-6-11-28(4)21-12-16(7-10-24(21)31-5)17-8-9-20(26-27-25(17)32)19-13-18(15(2)3)22(29)14-23(19)30/h7,10,12-15,17,29-30H,6,8-9,11H2,1-5H3,(H,27,32). The van der Waals surface area contributed by atoms with E-state index in [0.29, 0.717) is 17.0 Å². The number of methoxy groups -OCH3 is 1. The number of anilines is 1. The van der Waals surface area contributed by atoms with Gasteiger partial charge in [-0.1, -0.05) is 39.1 Å². The second-order valence-corrected chi connectivity index (χ2v) is 9.00. The number of aromatic hydroxyl groups is 2. The molecule has 1 aliphatic rings. The Hall–Kier alpha value is -2.80. The van der Waals surface area contributed by atoms with Gasteiger partial charge < -0.3 is 19.8 Å². The maximum atomic E-state index is 10.5. The monoisotopic (exact) mass is 455 g/mol. The summed E-state index contributed by atoms with van der Waals surface area (Å²) in [6.07, 6.45) is 2.43. The summed E-state index contributed by atoms with van der Waals surface area (Å²) in [5.41, 5.74) is 7.32. The molecule has 0 bridgehead atoms. The molecule has 0 aliphatic carbocycles. The molecule has 3 N–H and O–H groups in total. The van der Waals surface area contributed by atoms with E-state index < -0.39 is 0 Å². The molecule has 0 fully saturated rings. The van der Waals surface area contributed by atoms with E-state index in [1.54, 1.807) is 7.11 Å². The third-order valence-electron chi connectivity index (χ3n) is 5.94. The number of benzene rings is 2. The number of hydrazone groups is 1. The lowest BCUT2D eigenvalue weighted by atomic mass is 9.90. The summed E-state index contributed by atoms with van der Waals surface area (Å²) in [5, 5.41) is 25.2. The van der Waals surface area contributed by atoms with Gasteiger partial charge in [0.2, 0.25) is 0 Å². The molecule has 3 rings (SSSR count). The van der Waals surface area contributed by atoms with Crippen LogP contribution in [0.4, 0.5) is 5.69 Å². The molecule has 0 saturated carbocycles. The van der Waals surface area contributed by atoms with Crippen molar-refractivity contribution in [1.82, 2.24) is 5.43 Å². The number of phenols is 2. The zero-order chi connectivity index (χ0) is 23.4. The van der Waals surface area contributed by atoms with Crippen LogP contribution in [0.1, 0.15) is 68.6 Å². The molecule has 6 nitrogen and oxygen atoms in total. The summed E-state index contributed by atoms with van der Waals surface area (Å²) < 4.78 is 5.57. The highest BCUT2D eigenvalue weighted by Gasteiger charge is 2.25. The molecule has 2 aromatic carbocycles. The van der Waals surface area contributed by atoms with Gasteiger partial charge in [-0.3, -0.25) is 5.43 Å². The van der Waals surface area contributed by atoms with Crippen LogP contribution in [0.5, 0.6) is 17.2 Å². The fraction of sp³-hybridized carbons (Fsp3) is 0.440. The predicted octanol–water partition coefficient (Wildman–Crippen LogP) is 5.27. The second kappa shape index (κ2) is 10.2. The quantitative estimate of drug-likeness (QED) is 0.494. The lowest BCUT2D eigenvalue weighted by Crippen LogP contribution is -2.23. The third kappa shape index (κ3) is 4.99. The molecule has 0 radical (unpaired) electrons. The minimum Gasteiger partial charge on any atom is -0.508 e. The molecule has 172 valence electrons. The number of hydrogen-bond acceptors (Lipinski definition) is 6. The van der Waals surface area contributed by atoms with E-state index in [1.807, 2.05) is 26.0 Å². The SMILES string of the molecule is CCCN(C)c1cc(C2CCC(c3cc(C(C)C)c(O)cc3O)=NNC2=S)ccc1OC. The van der Waals surface area contributed by atoms with Crippen molar-refractivity contribution in [2.24, 2.45) is 5.10 Å². The first-order chi connectivity index (χ1) is 15.3. The summed E-state index contributed by atoms with van der Waals surface area (Å²) in [5.74, 6) is 1.07. The number of hydrogen-bond donors (Lipinski definition) is 3. The van der Waals surface area contributed by atoms with Crippen molar-refractivity contribution < 1.29 is 14.9 Å². The molecule has 0 aromatic heterocycles. The minimum atomic E-state index is -0.00485. The van der Waals surface area contributed by atoms with Crippen LogP contribution < -0.4 is 15.1 Å². The maximum absolute atomic E-state index is 10.5. The van der Waals surface area contributed by atoms with Crippen molar-refractivity contribution in [3.63, 3.8) is 0 Å². The number of nitrogens with zero attached hydrogens (tertiary/aromatic N) is 2. The van der Waals surface area contributed by atoms with Crippen molar-refractivity contribution in [2.75, 3.05) is 25.6 Å². The van der Waals surface area contributed by atoms with E-state index in [9.17, 15) is 10.2 Å². The van der Waals surface area contributed by atoms with Crippen molar-refractivity contribution in [3.8, 4) is 17.2 Å². The van der Waals surface area contributed by atoms with Gasteiger partial charge in [-0.2, -0.15) is 5.10 Å². The average molecular weight is 456 g/mol. The van der Waals surface area contributed by atoms with E-state index in [0.717, 1.165) is 47.7 Å². The fourth-order valence-electron chi connectivity index (χ4n) is 4.15. The molecule has 32 heavy (non-hydrogen) atoms. The second-order valence-electron chi connectivity index (χ2n) is 8.56. The van der Waals surface area contributed by atoms with Crippen LogP contribution >= 0.6 is 12.2 Å². The Kier molecular flexibility index (Phi) is 7.61. The molecule has 1 atom stereocenters. The number of nitrogens with one attached hydrogen (secondary N) is 1. The van der Waals surface area contributed by atoms with Crippen LogP contribution in [-0.2, 0) is 0 Å². The molecule has 0 saturated heterocycles. The van der Waals surface area contributed by atoms with Crippen LogP contribution in [0.25, 0.3) is 0 Å². The van der Waals surface area contributed by atoms with Crippen molar-refractivity contribution in [2.45, 2.75) is 51.9 Å². The first-order valence-electron chi connectivity index (χ1n) is 11.1.